The minimum absolute atomic E-state index is 0.118. The highest BCUT2D eigenvalue weighted by atomic mass is 19.4. The number of alkyl halides is 12. The fraction of sp³-hybridized carbons (Fsp3) is 0.200. The van der Waals surface area contributed by atoms with Crippen LogP contribution in [0.1, 0.15) is 22.3 Å². The van der Waals surface area contributed by atoms with Gasteiger partial charge in [0.25, 0.3) is 0 Å². The van der Waals surface area contributed by atoms with Gasteiger partial charge in [0, 0.05) is 11.1 Å². The second-order valence-corrected chi connectivity index (χ2v) is 6.88. The normalized spacial score (nSPS) is 13.3. The van der Waals surface area contributed by atoms with Crippen molar-refractivity contribution in [1.29, 1.82) is 0 Å². The summed E-state index contributed by atoms with van der Waals surface area (Å²) < 4.78 is 156. The molecule has 34 heavy (non-hydrogen) atoms. The third-order valence-corrected chi connectivity index (χ3v) is 4.42. The fourth-order valence-corrected chi connectivity index (χ4v) is 2.83. The number of benzene rings is 2. The molecular formula is C20H8F12N2. The molecule has 2 aromatic carbocycles. The molecule has 0 atom stereocenters. The number of hydrogen-bond donors (Lipinski definition) is 0. The monoisotopic (exact) mass is 504 g/mol. The van der Waals surface area contributed by atoms with Crippen molar-refractivity contribution in [1.82, 2.24) is 9.97 Å². The molecule has 0 aliphatic heterocycles. The van der Waals surface area contributed by atoms with Gasteiger partial charge in [-0.3, -0.25) is 9.97 Å². The first-order valence-electron chi connectivity index (χ1n) is 8.77. The van der Waals surface area contributed by atoms with E-state index >= 15 is 0 Å². The Balaban J connectivity index is 2.10. The van der Waals surface area contributed by atoms with Gasteiger partial charge in [-0.05, 0) is 36.4 Å². The quantitative estimate of drug-likeness (QED) is 0.332. The van der Waals surface area contributed by atoms with Gasteiger partial charge in [0.2, 0.25) is 0 Å². The van der Waals surface area contributed by atoms with E-state index in [4.69, 9.17) is 0 Å². The number of rotatable bonds is 2. The Morgan fingerprint density at radius 3 is 0.794 bits per heavy atom. The predicted octanol–water partition coefficient (Wildman–Crippen LogP) is 7.89. The zero-order valence-corrected chi connectivity index (χ0v) is 16.0. The van der Waals surface area contributed by atoms with Crippen molar-refractivity contribution in [2.24, 2.45) is 0 Å². The van der Waals surface area contributed by atoms with Crippen LogP contribution in [0.15, 0.2) is 48.8 Å². The molecule has 0 amide bonds. The third kappa shape index (κ3) is 5.59. The molecule has 0 spiro atoms. The maximum absolute atomic E-state index is 13.0. The maximum atomic E-state index is 13.0. The van der Waals surface area contributed by atoms with Gasteiger partial charge in [0.05, 0.1) is 46.0 Å². The van der Waals surface area contributed by atoms with Gasteiger partial charge >= 0.3 is 24.7 Å². The van der Waals surface area contributed by atoms with Crippen molar-refractivity contribution in [3.05, 3.63) is 71.0 Å². The van der Waals surface area contributed by atoms with E-state index in [2.05, 4.69) is 9.97 Å². The van der Waals surface area contributed by atoms with Gasteiger partial charge in [-0.2, -0.15) is 52.7 Å². The summed E-state index contributed by atoms with van der Waals surface area (Å²) in [7, 11) is 0. The number of halogens is 12. The van der Waals surface area contributed by atoms with E-state index < -0.39 is 69.5 Å². The number of nitrogens with zero attached hydrogens (tertiary/aromatic N) is 2. The van der Waals surface area contributed by atoms with E-state index in [-0.39, 0.29) is 12.1 Å². The zero-order chi connectivity index (χ0) is 25.7. The van der Waals surface area contributed by atoms with Gasteiger partial charge in [0.1, 0.15) is 0 Å². The van der Waals surface area contributed by atoms with Crippen LogP contribution in [-0.4, -0.2) is 9.97 Å². The molecule has 14 heteroatoms. The molecule has 0 unspecified atom stereocenters. The molecule has 0 N–H and O–H groups in total. The number of hydrogen-bond acceptors (Lipinski definition) is 2. The van der Waals surface area contributed by atoms with E-state index in [0.29, 0.717) is 36.7 Å². The van der Waals surface area contributed by atoms with E-state index in [1.54, 1.807) is 0 Å². The Hall–Kier alpha value is -3.32. The van der Waals surface area contributed by atoms with Crippen molar-refractivity contribution < 1.29 is 52.7 Å². The summed E-state index contributed by atoms with van der Waals surface area (Å²) in [5, 5.41) is 0. The molecule has 0 saturated carbocycles. The van der Waals surface area contributed by atoms with Gasteiger partial charge in [0.15, 0.2) is 0 Å². The second-order valence-electron chi connectivity index (χ2n) is 6.88. The zero-order valence-electron chi connectivity index (χ0n) is 16.0. The molecule has 1 heterocycles. The summed E-state index contributed by atoms with van der Waals surface area (Å²) in [6, 6.07) is 1.17. The lowest BCUT2D eigenvalue weighted by Gasteiger charge is -2.15. The standard InChI is InChI=1S/C20H8F12N2/c21-17(22,23)11-1-9(2-12(5-11)18(24,25)26)15-7-34-16(8-33-15)10-3-13(19(27,28)29)6-14(4-10)20(30,31)32/h1-8H. The highest BCUT2D eigenvalue weighted by molar-refractivity contribution is 5.65. The predicted molar refractivity (Wildman–Crippen MR) is 92.9 cm³/mol. The van der Waals surface area contributed by atoms with Crippen LogP contribution >= 0.6 is 0 Å². The minimum atomic E-state index is -5.14. The molecule has 182 valence electrons. The largest absolute Gasteiger partial charge is 0.416 e. The summed E-state index contributed by atoms with van der Waals surface area (Å²) in [6.45, 7) is 0. The van der Waals surface area contributed by atoms with Crippen LogP contribution in [0.25, 0.3) is 22.5 Å². The summed E-state index contributed by atoms with van der Waals surface area (Å²) in [6.07, 6.45) is -19.3. The minimum Gasteiger partial charge on any atom is -0.252 e. The molecule has 0 fully saturated rings. The molecule has 1 aromatic heterocycles. The lowest BCUT2D eigenvalue weighted by Crippen LogP contribution is -2.11. The molecule has 0 radical (unpaired) electrons. The van der Waals surface area contributed by atoms with Crippen molar-refractivity contribution in [2.75, 3.05) is 0 Å². The van der Waals surface area contributed by atoms with Crippen LogP contribution < -0.4 is 0 Å². The van der Waals surface area contributed by atoms with Gasteiger partial charge in [-0.15, -0.1) is 0 Å². The smallest absolute Gasteiger partial charge is 0.252 e. The molecular weight excluding hydrogens is 496 g/mol. The van der Waals surface area contributed by atoms with Crippen LogP contribution in [0.4, 0.5) is 52.7 Å². The van der Waals surface area contributed by atoms with E-state index in [1.165, 1.54) is 0 Å². The Labute approximate surface area is 181 Å². The summed E-state index contributed by atoms with van der Waals surface area (Å²) in [4.78, 5) is 7.19. The first-order chi connectivity index (χ1) is 15.4. The topological polar surface area (TPSA) is 25.8 Å². The first kappa shape index (κ1) is 25.3. The van der Waals surface area contributed by atoms with Crippen LogP contribution in [0.3, 0.4) is 0 Å². The van der Waals surface area contributed by atoms with E-state index in [0.717, 1.165) is 0 Å². The van der Waals surface area contributed by atoms with E-state index in [9.17, 15) is 52.7 Å². The molecule has 0 aliphatic carbocycles. The van der Waals surface area contributed by atoms with Crippen molar-refractivity contribution in [3.63, 3.8) is 0 Å². The van der Waals surface area contributed by atoms with Crippen molar-refractivity contribution >= 4 is 0 Å². The average Bonchev–Trinajstić information content (AvgIpc) is 2.70. The summed E-state index contributed by atoms with van der Waals surface area (Å²) >= 11 is 0. The molecule has 0 bridgehead atoms. The molecule has 0 saturated heterocycles. The molecule has 3 aromatic rings. The van der Waals surface area contributed by atoms with Crippen LogP contribution in [0.2, 0.25) is 0 Å². The summed E-state index contributed by atoms with van der Waals surface area (Å²) in [5.41, 5.74) is -8.95. The van der Waals surface area contributed by atoms with E-state index in [1.807, 2.05) is 0 Å². The van der Waals surface area contributed by atoms with Crippen molar-refractivity contribution in [2.45, 2.75) is 24.7 Å². The lowest BCUT2D eigenvalue weighted by atomic mass is 10.0. The second kappa shape index (κ2) is 8.17. The van der Waals surface area contributed by atoms with Gasteiger partial charge in [-0.1, -0.05) is 0 Å². The SMILES string of the molecule is FC(F)(F)c1cc(-c2cnc(-c3cc(C(F)(F)F)cc(C(F)(F)F)c3)cn2)cc(C(F)(F)F)c1. The van der Waals surface area contributed by atoms with Gasteiger partial charge < -0.3 is 0 Å². The molecule has 0 aliphatic rings. The van der Waals surface area contributed by atoms with Crippen molar-refractivity contribution in [3.8, 4) is 22.5 Å². The van der Waals surface area contributed by atoms with Crippen LogP contribution in [0.5, 0.6) is 0 Å². The molecule has 3 rings (SSSR count). The van der Waals surface area contributed by atoms with Crippen LogP contribution in [-0.2, 0) is 24.7 Å². The maximum Gasteiger partial charge on any atom is 0.416 e. The average molecular weight is 504 g/mol. The van der Waals surface area contributed by atoms with Crippen LogP contribution in [0, 0.1) is 0 Å². The fourth-order valence-electron chi connectivity index (χ4n) is 2.83. The lowest BCUT2D eigenvalue weighted by molar-refractivity contribution is -0.144. The highest BCUT2D eigenvalue weighted by Crippen LogP contribution is 2.40. The Morgan fingerprint density at radius 2 is 0.618 bits per heavy atom. The summed E-state index contributed by atoms with van der Waals surface area (Å²) in [5.74, 6) is 0. The van der Waals surface area contributed by atoms with Gasteiger partial charge in [-0.25, -0.2) is 0 Å². The highest BCUT2D eigenvalue weighted by Gasteiger charge is 2.38. The molecule has 2 nitrogen and oxygen atoms in total. The third-order valence-electron chi connectivity index (χ3n) is 4.42. The Morgan fingerprint density at radius 1 is 0.382 bits per heavy atom. The Bertz CT molecular complexity index is 1030. The number of aromatic nitrogens is 2. The first-order valence-corrected chi connectivity index (χ1v) is 8.77. The Kier molecular flexibility index (Phi) is 6.08.